The zero-order valence-electron chi connectivity index (χ0n) is 16.8. The zero-order valence-corrected chi connectivity index (χ0v) is 16.8. The van der Waals surface area contributed by atoms with Gasteiger partial charge in [0.25, 0.3) is 0 Å². The van der Waals surface area contributed by atoms with Crippen molar-refractivity contribution in [3.05, 3.63) is 66.9 Å². The monoisotopic (exact) mass is 402 g/mol. The summed E-state index contributed by atoms with van der Waals surface area (Å²) in [6, 6.07) is 13.9. The van der Waals surface area contributed by atoms with Crippen LogP contribution < -0.4 is 14.8 Å². The summed E-state index contributed by atoms with van der Waals surface area (Å²) in [5, 5.41) is 12.0. The highest BCUT2D eigenvalue weighted by Gasteiger charge is 2.20. The molecule has 0 spiro atoms. The lowest BCUT2D eigenvalue weighted by Gasteiger charge is -2.27. The Morgan fingerprint density at radius 2 is 2.10 bits per heavy atom. The van der Waals surface area contributed by atoms with Crippen LogP contribution in [0, 0.1) is 6.92 Å². The number of anilines is 1. The molecule has 1 aliphatic rings. The van der Waals surface area contributed by atoms with Crippen LogP contribution in [0.5, 0.6) is 11.5 Å². The molecule has 4 aromatic rings. The molecule has 3 heterocycles. The van der Waals surface area contributed by atoms with Crippen molar-refractivity contribution in [1.82, 2.24) is 24.5 Å². The molecular formula is C22H22N6O2. The van der Waals surface area contributed by atoms with E-state index in [1.807, 2.05) is 71.0 Å². The molecule has 2 aromatic heterocycles. The Balaban J connectivity index is 1.34. The van der Waals surface area contributed by atoms with Crippen LogP contribution in [0.1, 0.15) is 5.69 Å². The second-order valence-corrected chi connectivity index (χ2v) is 7.25. The summed E-state index contributed by atoms with van der Waals surface area (Å²) >= 11 is 0. The van der Waals surface area contributed by atoms with E-state index in [9.17, 15) is 0 Å². The maximum atomic E-state index is 6.07. The lowest BCUT2D eigenvalue weighted by molar-refractivity contribution is 0.178. The predicted molar refractivity (Wildman–Crippen MR) is 113 cm³/mol. The van der Waals surface area contributed by atoms with Gasteiger partial charge in [-0.3, -0.25) is 0 Å². The second-order valence-electron chi connectivity index (χ2n) is 7.25. The molecule has 0 amide bonds. The Labute approximate surface area is 174 Å². The van der Waals surface area contributed by atoms with E-state index in [2.05, 4.69) is 20.6 Å². The molecule has 0 aliphatic carbocycles. The highest BCUT2D eigenvalue weighted by atomic mass is 16.5. The van der Waals surface area contributed by atoms with Gasteiger partial charge in [0.1, 0.15) is 23.3 Å². The summed E-state index contributed by atoms with van der Waals surface area (Å²) < 4.78 is 15.4. The number of methoxy groups -OCH3 is 1. The molecule has 1 atom stereocenters. The largest absolute Gasteiger partial charge is 0.495 e. The van der Waals surface area contributed by atoms with Gasteiger partial charge in [-0.15, -0.1) is 5.10 Å². The summed E-state index contributed by atoms with van der Waals surface area (Å²) in [5.74, 6) is 1.61. The van der Waals surface area contributed by atoms with E-state index in [1.54, 1.807) is 13.4 Å². The van der Waals surface area contributed by atoms with Crippen molar-refractivity contribution in [3.8, 4) is 28.4 Å². The highest BCUT2D eigenvalue weighted by Crippen LogP contribution is 2.30. The molecule has 1 aliphatic heterocycles. The number of hydrogen-bond donors (Lipinski definition) is 1. The highest BCUT2D eigenvalue weighted by molar-refractivity contribution is 5.64. The van der Waals surface area contributed by atoms with Gasteiger partial charge in [-0.2, -0.15) is 0 Å². The first kappa shape index (κ1) is 18.2. The van der Waals surface area contributed by atoms with Crippen molar-refractivity contribution in [1.29, 1.82) is 0 Å². The van der Waals surface area contributed by atoms with E-state index in [0.29, 0.717) is 6.54 Å². The molecule has 0 bridgehead atoms. The summed E-state index contributed by atoms with van der Waals surface area (Å²) in [6.45, 7) is 3.29. The van der Waals surface area contributed by atoms with Crippen LogP contribution in [0.2, 0.25) is 0 Å². The van der Waals surface area contributed by atoms with Crippen molar-refractivity contribution in [3.63, 3.8) is 0 Å². The van der Waals surface area contributed by atoms with Crippen molar-refractivity contribution in [2.24, 2.45) is 0 Å². The van der Waals surface area contributed by atoms with Gasteiger partial charge in [-0.05, 0) is 31.2 Å². The fourth-order valence-electron chi connectivity index (χ4n) is 3.59. The summed E-state index contributed by atoms with van der Waals surface area (Å²) in [6.07, 6.45) is 5.65. The number of ether oxygens (including phenoxy) is 2. The molecule has 1 unspecified atom stereocenters. The number of aromatic nitrogens is 5. The normalized spacial score (nSPS) is 15.2. The number of imidazole rings is 1. The van der Waals surface area contributed by atoms with Crippen LogP contribution in [0.25, 0.3) is 16.9 Å². The lowest BCUT2D eigenvalue weighted by Crippen LogP contribution is -2.34. The topological polar surface area (TPSA) is 79.0 Å². The van der Waals surface area contributed by atoms with Gasteiger partial charge in [-0.25, -0.2) is 9.67 Å². The van der Waals surface area contributed by atoms with Crippen molar-refractivity contribution in [2.75, 3.05) is 19.0 Å². The molecule has 8 heteroatoms. The Morgan fingerprint density at radius 1 is 1.20 bits per heavy atom. The van der Waals surface area contributed by atoms with E-state index < -0.39 is 0 Å². The van der Waals surface area contributed by atoms with Crippen LogP contribution in [0.4, 0.5) is 5.69 Å². The molecule has 30 heavy (non-hydrogen) atoms. The van der Waals surface area contributed by atoms with Gasteiger partial charge in [0.2, 0.25) is 0 Å². The van der Waals surface area contributed by atoms with Crippen LogP contribution in [0.3, 0.4) is 0 Å². The van der Waals surface area contributed by atoms with Crippen LogP contribution in [-0.4, -0.2) is 44.3 Å². The molecule has 2 aromatic carbocycles. The SMILES string of the molecule is COc1cc(-c2cn(CC3CNc4ccccc4O3)nn2)ccc1-n1cnc(C)c1. The molecule has 5 rings (SSSR count). The van der Waals surface area contributed by atoms with E-state index in [4.69, 9.17) is 9.47 Å². The number of hydrogen-bond acceptors (Lipinski definition) is 6. The Kier molecular flexibility index (Phi) is 4.59. The third-order valence-electron chi connectivity index (χ3n) is 5.10. The van der Waals surface area contributed by atoms with Gasteiger partial charge < -0.3 is 19.4 Å². The van der Waals surface area contributed by atoms with E-state index in [1.165, 1.54) is 0 Å². The zero-order chi connectivity index (χ0) is 20.5. The van der Waals surface area contributed by atoms with Crippen molar-refractivity contribution in [2.45, 2.75) is 19.6 Å². The third kappa shape index (κ3) is 3.47. The molecule has 1 N–H and O–H groups in total. The number of nitrogens with one attached hydrogen (secondary N) is 1. The number of aryl methyl sites for hydroxylation is 1. The number of nitrogens with zero attached hydrogens (tertiary/aromatic N) is 5. The van der Waals surface area contributed by atoms with Gasteiger partial charge in [-0.1, -0.05) is 23.4 Å². The molecule has 8 nitrogen and oxygen atoms in total. The van der Waals surface area contributed by atoms with Crippen molar-refractivity contribution >= 4 is 5.69 Å². The maximum Gasteiger partial charge on any atom is 0.143 e. The second kappa shape index (κ2) is 7.55. The Morgan fingerprint density at radius 3 is 2.93 bits per heavy atom. The van der Waals surface area contributed by atoms with Crippen LogP contribution in [-0.2, 0) is 6.54 Å². The summed E-state index contributed by atoms with van der Waals surface area (Å²) in [7, 11) is 1.66. The van der Waals surface area contributed by atoms with Crippen LogP contribution in [0.15, 0.2) is 61.2 Å². The first-order chi connectivity index (χ1) is 14.7. The predicted octanol–water partition coefficient (Wildman–Crippen LogP) is 3.32. The fourth-order valence-corrected chi connectivity index (χ4v) is 3.59. The molecule has 0 saturated carbocycles. The van der Waals surface area contributed by atoms with E-state index >= 15 is 0 Å². The van der Waals surface area contributed by atoms with Gasteiger partial charge in [0, 0.05) is 11.8 Å². The van der Waals surface area contributed by atoms with Gasteiger partial charge >= 0.3 is 0 Å². The minimum absolute atomic E-state index is 0.0177. The maximum absolute atomic E-state index is 6.07. The average Bonchev–Trinajstić information content (AvgIpc) is 3.42. The van der Waals surface area contributed by atoms with E-state index in [-0.39, 0.29) is 6.10 Å². The van der Waals surface area contributed by atoms with Crippen LogP contribution >= 0.6 is 0 Å². The number of rotatable bonds is 5. The Bertz CT molecular complexity index is 1180. The average molecular weight is 402 g/mol. The summed E-state index contributed by atoms with van der Waals surface area (Å²) in [5.41, 5.74) is 4.62. The number of fused-ring (bicyclic) bond motifs is 1. The quantitative estimate of drug-likeness (QED) is 0.552. The first-order valence-electron chi connectivity index (χ1n) is 9.78. The van der Waals surface area contributed by atoms with E-state index in [0.717, 1.165) is 46.4 Å². The fraction of sp³-hybridized carbons (Fsp3) is 0.227. The molecule has 152 valence electrons. The van der Waals surface area contributed by atoms with Gasteiger partial charge in [0.05, 0.1) is 49.8 Å². The third-order valence-corrected chi connectivity index (χ3v) is 5.10. The van der Waals surface area contributed by atoms with Crippen molar-refractivity contribution < 1.29 is 9.47 Å². The lowest BCUT2D eigenvalue weighted by atomic mass is 10.1. The summed E-state index contributed by atoms with van der Waals surface area (Å²) in [4.78, 5) is 4.29. The molecule has 0 fully saturated rings. The first-order valence-corrected chi connectivity index (χ1v) is 9.78. The minimum Gasteiger partial charge on any atom is -0.495 e. The smallest absolute Gasteiger partial charge is 0.143 e. The molecule has 0 saturated heterocycles. The van der Waals surface area contributed by atoms with Gasteiger partial charge in [0.15, 0.2) is 0 Å². The number of para-hydroxylation sites is 2. The minimum atomic E-state index is -0.0177. The standard InChI is InChI=1S/C22H22N6O2/c1-15-11-27(14-24-15)20-8-7-16(9-22(20)29-2)19-13-28(26-25-19)12-17-10-23-18-5-3-4-6-21(18)30-17/h3-9,11,13-14,17,23H,10,12H2,1-2H3. The Hall–Kier alpha value is -3.81. The molecular weight excluding hydrogens is 380 g/mol. The molecule has 0 radical (unpaired) electrons. The number of benzene rings is 2.